The summed E-state index contributed by atoms with van der Waals surface area (Å²) in [6, 6.07) is 12.7. The number of ether oxygens (including phenoxy) is 1. The molecule has 1 aliphatic heterocycles. The highest BCUT2D eigenvalue weighted by molar-refractivity contribution is 7.92. The summed E-state index contributed by atoms with van der Waals surface area (Å²) in [5.41, 5.74) is 2.81. The van der Waals surface area contributed by atoms with Gasteiger partial charge in [0.05, 0.1) is 5.51 Å². The van der Waals surface area contributed by atoms with Crippen molar-refractivity contribution in [3.8, 4) is 5.75 Å². The standard InChI is InChI=1S/C22H24FN3O3S2.CH2O2/c1-16-10-20(31(27,28)25-21-13-30-15-24-21)18(23)11-19(16)29-22(2)8-9-26(14-22)12-17-6-4-3-5-7-17;2-1-3/h3-7,10-11,13,15,25H,8-9,12,14H2,1-2H3;1H,(H,2,3). The second kappa shape index (κ2) is 10.9. The Labute approximate surface area is 202 Å². The first-order valence-electron chi connectivity index (χ1n) is 10.4. The van der Waals surface area contributed by atoms with E-state index < -0.39 is 26.3 Å². The van der Waals surface area contributed by atoms with E-state index in [0.717, 1.165) is 25.6 Å². The molecule has 11 heteroatoms. The van der Waals surface area contributed by atoms with Crippen LogP contribution in [0.5, 0.6) is 5.75 Å². The maximum absolute atomic E-state index is 14.8. The number of thiazole rings is 1. The summed E-state index contributed by atoms with van der Waals surface area (Å²) in [5, 5.41) is 8.43. The van der Waals surface area contributed by atoms with Crippen LogP contribution >= 0.6 is 11.3 Å². The molecule has 34 heavy (non-hydrogen) atoms. The molecule has 0 amide bonds. The largest absolute Gasteiger partial charge is 0.486 e. The van der Waals surface area contributed by atoms with Crippen molar-refractivity contribution >= 4 is 33.7 Å². The number of hydrogen-bond donors (Lipinski definition) is 2. The van der Waals surface area contributed by atoms with E-state index in [9.17, 15) is 12.8 Å². The molecule has 1 aliphatic rings. The third-order valence-electron chi connectivity index (χ3n) is 5.31. The molecule has 2 heterocycles. The van der Waals surface area contributed by atoms with Crippen LogP contribution in [0.25, 0.3) is 0 Å². The van der Waals surface area contributed by atoms with Crippen LogP contribution in [0.3, 0.4) is 0 Å². The normalized spacial score (nSPS) is 18.1. The van der Waals surface area contributed by atoms with Gasteiger partial charge < -0.3 is 9.84 Å². The van der Waals surface area contributed by atoms with E-state index >= 15 is 0 Å². The van der Waals surface area contributed by atoms with Gasteiger partial charge in [-0.05, 0) is 31.0 Å². The van der Waals surface area contributed by atoms with Crippen LogP contribution in [0.4, 0.5) is 10.2 Å². The Bertz CT molecular complexity index is 1210. The fourth-order valence-electron chi connectivity index (χ4n) is 3.76. The fraction of sp³-hybridized carbons (Fsp3) is 0.304. The van der Waals surface area contributed by atoms with E-state index in [1.165, 1.54) is 28.5 Å². The maximum Gasteiger partial charge on any atom is 0.290 e. The molecule has 0 radical (unpaired) electrons. The van der Waals surface area contributed by atoms with E-state index in [0.29, 0.717) is 17.9 Å². The van der Waals surface area contributed by atoms with Gasteiger partial charge in [-0.1, -0.05) is 30.3 Å². The second-order valence-electron chi connectivity index (χ2n) is 8.13. The van der Waals surface area contributed by atoms with Gasteiger partial charge >= 0.3 is 0 Å². The van der Waals surface area contributed by atoms with Crippen LogP contribution < -0.4 is 9.46 Å². The number of sulfonamides is 1. The molecule has 1 fully saturated rings. The first kappa shape index (κ1) is 25.6. The number of rotatable bonds is 7. The molecule has 182 valence electrons. The molecule has 2 aromatic carbocycles. The Morgan fingerprint density at radius 1 is 1.32 bits per heavy atom. The van der Waals surface area contributed by atoms with Crippen molar-refractivity contribution in [3.63, 3.8) is 0 Å². The predicted molar refractivity (Wildman–Crippen MR) is 128 cm³/mol. The molecule has 8 nitrogen and oxygen atoms in total. The van der Waals surface area contributed by atoms with Crippen molar-refractivity contribution in [1.29, 1.82) is 0 Å². The van der Waals surface area contributed by atoms with Gasteiger partial charge in [0.15, 0.2) is 5.82 Å². The average Bonchev–Trinajstić information content (AvgIpc) is 3.41. The Hall–Kier alpha value is -3.02. The number of benzene rings is 2. The quantitative estimate of drug-likeness (QED) is 0.463. The Balaban J connectivity index is 0.00000103. The van der Waals surface area contributed by atoms with Crippen molar-refractivity contribution in [1.82, 2.24) is 9.88 Å². The van der Waals surface area contributed by atoms with Crippen LogP contribution in [-0.4, -0.2) is 48.6 Å². The summed E-state index contributed by atoms with van der Waals surface area (Å²) in [4.78, 5) is 14.1. The molecule has 3 aromatic rings. The molecule has 4 rings (SSSR count). The first-order chi connectivity index (χ1) is 16.2. The van der Waals surface area contributed by atoms with Crippen LogP contribution in [-0.2, 0) is 21.4 Å². The smallest absolute Gasteiger partial charge is 0.290 e. The number of anilines is 1. The van der Waals surface area contributed by atoms with Crippen LogP contribution in [0.2, 0.25) is 0 Å². The van der Waals surface area contributed by atoms with Gasteiger partial charge in [0, 0.05) is 37.5 Å². The Morgan fingerprint density at radius 2 is 2.03 bits per heavy atom. The minimum absolute atomic E-state index is 0.166. The lowest BCUT2D eigenvalue weighted by Gasteiger charge is -2.27. The topological polar surface area (TPSA) is 109 Å². The number of carbonyl (C=O) groups is 1. The molecule has 0 spiro atoms. The molecule has 0 saturated carbocycles. The van der Waals surface area contributed by atoms with Crippen molar-refractivity contribution < 1.29 is 27.4 Å². The van der Waals surface area contributed by atoms with E-state index in [4.69, 9.17) is 14.6 Å². The van der Waals surface area contributed by atoms with E-state index in [2.05, 4.69) is 26.7 Å². The lowest BCUT2D eigenvalue weighted by Crippen LogP contribution is -2.36. The highest BCUT2D eigenvalue weighted by atomic mass is 32.2. The van der Waals surface area contributed by atoms with Crippen molar-refractivity contribution in [3.05, 3.63) is 70.3 Å². The first-order valence-corrected chi connectivity index (χ1v) is 12.8. The number of aromatic nitrogens is 1. The molecular weight excluding hydrogens is 481 g/mol. The van der Waals surface area contributed by atoms with Crippen molar-refractivity contribution in [2.75, 3.05) is 17.8 Å². The molecular formula is C23H26FN3O5S2. The number of carboxylic acid groups (broad SMARTS) is 1. The number of likely N-dealkylation sites (tertiary alicyclic amines) is 1. The van der Waals surface area contributed by atoms with Gasteiger partial charge in [-0.2, -0.15) is 0 Å². The predicted octanol–water partition coefficient (Wildman–Crippen LogP) is 4.14. The summed E-state index contributed by atoms with van der Waals surface area (Å²) in [6.45, 7) is 5.87. The molecule has 2 N–H and O–H groups in total. The lowest BCUT2D eigenvalue weighted by atomic mass is 10.1. The number of aryl methyl sites for hydroxylation is 1. The number of nitrogens with one attached hydrogen (secondary N) is 1. The number of halogens is 1. The van der Waals surface area contributed by atoms with Gasteiger partial charge in [-0.3, -0.25) is 14.4 Å². The molecule has 0 bridgehead atoms. The second-order valence-corrected chi connectivity index (χ2v) is 10.5. The molecule has 1 aromatic heterocycles. The van der Waals surface area contributed by atoms with Gasteiger partial charge in [-0.15, -0.1) is 11.3 Å². The fourth-order valence-corrected chi connectivity index (χ4v) is 5.46. The summed E-state index contributed by atoms with van der Waals surface area (Å²) < 4.78 is 48.4. The maximum atomic E-state index is 14.8. The monoisotopic (exact) mass is 507 g/mol. The van der Waals surface area contributed by atoms with E-state index in [-0.39, 0.29) is 12.3 Å². The summed E-state index contributed by atoms with van der Waals surface area (Å²) in [7, 11) is -4.08. The number of nitrogens with zero attached hydrogens (tertiary/aromatic N) is 2. The van der Waals surface area contributed by atoms with E-state index in [1.54, 1.807) is 12.3 Å². The van der Waals surface area contributed by atoms with E-state index in [1.807, 2.05) is 25.1 Å². The SMILES string of the molecule is Cc1cc(S(=O)(=O)Nc2cscn2)c(F)cc1OC1(C)CCN(Cc2ccccc2)C1.O=CO. The van der Waals surface area contributed by atoms with Crippen LogP contribution in [0.1, 0.15) is 24.5 Å². The summed E-state index contributed by atoms with van der Waals surface area (Å²) in [5.74, 6) is -0.334. The zero-order valence-electron chi connectivity index (χ0n) is 18.8. The Kier molecular flexibility index (Phi) is 8.24. The molecule has 1 saturated heterocycles. The lowest BCUT2D eigenvalue weighted by molar-refractivity contribution is -0.122. The molecule has 1 unspecified atom stereocenters. The molecule has 0 aliphatic carbocycles. The zero-order chi connectivity index (χ0) is 24.8. The third-order valence-corrected chi connectivity index (χ3v) is 7.27. The summed E-state index contributed by atoms with van der Waals surface area (Å²) >= 11 is 1.25. The highest BCUT2D eigenvalue weighted by Gasteiger charge is 2.36. The molecule has 1 atom stereocenters. The van der Waals surface area contributed by atoms with Gasteiger partial charge in [-0.25, -0.2) is 17.8 Å². The number of hydrogen-bond acceptors (Lipinski definition) is 7. The Morgan fingerprint density at radius 3 is 2.68 bits per heavy atom. The van der Waals surface area contributed by atoms with Crippen LogP contribution in [0.15, 0.2) is 58.3 Å². The van der Waals surface area contributed by atoms with Gasteiger partial charge in [0.1, 0.15) is 22.1 Å². The highest BCUT2D eigenvalue weighted by Crippen LogP contribution is 2.33. The van der Waals surface area contributed by atoms with Crippen molar-refractivity contribution in [2.24, 2.45) is 0 Å². The minimum atomic E-state index is -4.08. The zero-order valence-corrected chi connectivity index (χ0v) is 20.4. The third kappa shape index (κ3) is 6.52. The van der Waals surface area contributed by atoms with Crippen molar-refractivity contribution in [2.45, 2.75) is 37.3 Å². The van der Waals surface area contributed by atoms with Gasteiger partial charge in [0.2, 0.25) is 0 Å². The van der Waals surface area contributed by atoms with Crippen LogP contribution in [0, 0.1) is 12.7 Å². The minimum Gasteiger partial charge on any atom is -0.486 e. The average molecular weight is 508 g/mol. The van der Waals surface area contributed by atoms with Gasteiger partial charge in [0.25, 0.3) is 16.5 Å². The summed E-state index contributed by atoms with van der Waals surface area (Å²) in [6.07, 6.45) is 0.798.